The topological polar surface area (TPSA) is 73.4 Å². The van der Waals surface area contributed by atoms with Gasteiger partial charge in [0.1, 0.15) is 5.76 Å². The standard InChI is InChI=1S/C28H23ClN2O3/c1-15-11-12-16(2)21(13-15)26(32)24-25(23-17(3)30-22-10-5-4-9-20(22)23)31(28(34)27(24)33)19-8-6-7-18(29)14-19/h4-14,25,30,32H,1-3H3/b26-24+. The van der Waals surface area contributed by atoms with Gasteiger partial charge in [-0.25, -0.2) is 0 Å². The Morgan fingerprint density at radius 1 is 0.971 bits per heavy atom. The number of hydrogen-bond acceptors (Lipinski definition) is 3. The van der Waals surface area contributed by atoms with Crippen molar-refractivity contribution < 1.29 is 14.7 Å². The molecule has 1 aromatic heterocycles. The van der Waals surface area contributed by atoms with E-state index in [0.717, 1.165) is 33.3 Å². The molecule has 1 aliphatic rings. The van der Waals surface area contributed by atoms with Crippen LogP contribution in [0, 0.1) is 20.8 Å². The van der Waals surface area contributed by atoms with Crippen LogP contribution in [0.1, 0.15) is 34.0 Å². The molecular formula is C28H23ClN2O3. The Balaban J connectivity index is 1.85. The third kappa shape index (κ3) is 3.40. The normalized spacial score (nSPS) is 17.6. The molecule has 6 heteroatoms. The fourth-order valence-corrected chi connectivity index (χ4v) is 4.97. The van der Waals surface area contributed by atoms with E-state index in [-0.39, 0.29) is 11.3 Å². The Labute approximate surface area is 202 Å². The lowest BCUT2D eigenvalue weighted by Crippen LogP contribution is -2.29. The van der Waals surface area contributed by atoms with E-state index in [1.165, 1.54) is 4.90 Å². The number of benzene rings is 3. The maximum absolute atomic E-state index is 13.5. The number of aromatic nitrogens is 1. The van der Waals surface area contributed by atoms with E-state index in [9.17, 15) is 14.7 Å². The lowest BCUT2D eigenvalue weighted by atomic mass is 9.91. The molecule has 1 unspecified atom stereocenters. The molecule has 5 nitrogen and oxygen atoms in total. The quantitative estimate of drug-likeness (QED) is 0.207. The van der Waals surface area contributed by atoms with Gasteiger partial charge in [0.05, 0.1) is 11.6 Å². The number of carbonyl (C=O) groups excluding carboxylic acids is 2. The molecule has 2 N–H and O–H groups in total. The van der Waals surface area contributed by atoms with Crippen molar-refractivity contribution in [2.45, 2.75) is 26.8 Å². The van der Waals surface area contributed by atoms with Crippen LogP contribution >= 0.6 is 11.6 Å². The summed E-state index contributed by atoms with van der Waals surface area (Å²) < 4.78 is 0. The summed E-state index contributed by atoms with van der Waals surface area (Å²) in [5.74, 6) is -1.62. The van der Waals surface area contributed by atoms with Gasteiger partial charge in [-0.05, 0) is 56.7 Å². The number of nitrogens with zero attached hydrogens (tertiary/aromatic N) is 1. The van der Waals surface area contributed by atoms with Gasteiger partial charge in [-0.15, -0.1) is 0 Å². The number of amides is 1. The van der Waals surface area contributed by atoms with Crippen molar-refractivity contribution in [3.8, 4) is 0 Å². The second-order valence-electron chi connectivity index (χ2n) is 8.68. The number of hydrogen-bond donors (Lipinski definition) is 2. The molecule has 0 aliphatic carbocycles. The summed E-state index contributed by atoms with van der Waals surface area (Å²) in [6, 6.07) is 19.4. The Kier molecular flexibility index (Phi) is 5.29. The number of ketones is 1. The minimum absolute atomic E-state index is 0.0616. The van der Waals surface area contributed by atoms with E-state index in [1.807, 2.05) is 63.2 Å². The van der Waals surface area contributed by atoms with E-state index in [1.54, 1.807) is 24.3 Å². The molecule has 1 aliphatic heterocycles. The molecule has 1 atom stereocenters. The van der Waals surface area contributed by atoms with Crippen LogP contribution in [-0.2, 0) is 9.59 Å². The summed E-state index contributed by atoms with van der Waals surface area (Å²) in [4.78, 5) is 31.7. The van der Waals surface area contributed by atoms with Crippen LogP contribution in [0.25, 0.3) is 16.7 Å². The van der Waals surface area contributed by atoms with E-state index >= 15 is 0 Å². The number of H-pyrrole nitrogens is 1. The zero-order valence-corrected chi connectivity index (χ0v) is 19.8. The van der Waals surface area contributed by atoms with Gasteiger partial charge in [0.25, 0.3) is 11.7 Å². The first kappa shape index (κ1) is 22.0. The maximum Gasteiger partial charge on any atom is 0.300 e. The van der Waals surface area contributed by atoms with Gasteiger partial charge >= 0.3 is 0 Å². The second-order valence-corrected chi connectivity index (χ2v) is 9.11. The van der Waals surface area contributed by atoms with Crippen molar-refractivity contribution in [3.05, 3.63) is 105 Å². The molecule has 3 aromatic carbocycles. The molecule has 1 amide bonds. The number of aromatic amines is 1. The number of fused-ring (bicyclic) bond motifs is 1. The van der Waals surface area contributed by atoms with Crippen LogP contribution in [0.2, 0.25) is 5.02 Å². The van der Waals surface area contributed by atoms with Gasteiger partial charge in [0.15, 0.2) is 0 Å². The van der Waals surface area contributed by atoms with Crippen LogP contribution in [0.4, 0.5) is 5.69 Å². The Morgan fingerprint density at radius 3 is 2.50 bits per heavy atom. The van der Waals surface area contributed by atoms with Crippen molar-refractivity contribution in [3.63, 3.8) is 0 Å². The molecule has 2 heterocycles. The number of halogens is 1. The number of para-hydroxylation sites is 1. The molecule has 34 heavy (non-hydrogen) atoms. The lowest BCUT2D eigenvalue weighted by Gasteiger charge is -2.26. The third-order valence-electron chi connectivity index (χ3n) is 6.40. The highest BCUT2D eigenvalue weighted by Gasteiger charge is 2.48. The van der Waals surface area contributed by atoms with Gasteiger partial charge < -0.3 is 10.1 Å². The van der Waals surface area contributed by atoms with Crippen molar-refractivity contribution >= 4 is 45.6 Å². The summed E-state index contributed by atoms with van der Waals surface area (Å²) in [6.07, 6.45) is 0. The predicted molar refractivity (Wildman–Crippen MR) is 135 cm³/mol. The van der Waals surface area contributed by atoms with Crippen LogP contribution in [0.3, 0.4) is 0 Å². The third-order valence-corrected chi connectivity index (χ3v) is 6.63. The molecule has 170 valence electrons. The number of nitrogens with one attached hydrogen (secondary N) is 1. The van der Waals surface area contributed by atoms with Crippen molar-refractivity contribution in [2.24, 2.45) is 0 Å². The van der Waals surface area contributed by atoms with Crippen molar-refractivity contribution in [1.29, 1.82) is 0 Å². The second kappa shape index (κ2) is 8.19. The fourth-order valence-electron chi connectivity index (χ4n) is 4.78. The highest BCUT2D eigenvalue weighted by Crippen LogP contribution is 2.46. The lowest BCUT2D eigenvalue weighted by molar-refractivity contribution is -0.132. The molecule has 4 aromatic rings. The minimum Gasteiger partial charge on any atom is -0.507 e. The zero-order chi connectivity index (χ0) is 24.1. The minimum atomic E-state index is -0.825. The van der Waals surface area contributed by atoms with E-state index in [2.05, 4.69) is 4.98 Å². The predicted octanol–water partition coefficient (Wildman–Crippen LogP) is 6.37. The first-order valence-corrected chi connectivity index (χ1v) is 11.4. The van der Waals surface area contributed by atoms with Crippen molar-refractivity contribution in [1.82, 2.24) is 4.98 Å². The molecule has 0 saturated carbocycles. The van der Waals surface area contributed by atoms with Crippen LogP contribution in [0.5, 0.6) is 0 Å². The van der Waals surface area contributed by atoms with Crippen LogP contribution in [0.15, 0.2) is 72.3 Å². The fraction of sp³-hybridized carbons (Fsp3) is 0.143. The average molecular weight is 471 g/mol. The highest BCUT2D eigenvalue weighted by atomic mass is 35.5. The smallest absolute Gasteiger partial charge is 0.300 e. The van der Waals surface area contributed by atoms with Gasteiger partial charge in [0.2, 0.25) is 0 Å². The summed E-state index contributed by atoms with van der Waals surface area (Å²) >= 11 is 6.25. The first-order chi connectivity index (χ1) is 16.3. The Bertz CT molecular complexity index is 1520. The van der Waals surface area contributed by atoms with Gasteiger partial charge in [-0.2, -0.15) is 0 Å². The summed E-state index contributed by atoms with van der Waals surface area (Å²) in [7, 11) is 0. The molecule has 0 spiro atoms. The largest absolute Gasteiger partial charge is 0.507 e. The first-order valence-electron chi connectivity index (χ1n) is 11.0. The number of anilines is 1. The van der Waals surface area contributed by atoms with E-state index in [0.29, 0.717) is 16.3 Å². The van der Waals surface area contributed by atoms with E-state index < -0.39 is 17.7 Å². The number of Topliss-reactive ketones (excluding diaryl/α,β-unsaturated/α-hetero) is 1. The number of aliphatic hydroxyl groups excluding tert-OH is 1. The van der Waals surface area contributed by atoms with Gasteiger partial charge in [0, 0.05) is 38.4 Å². The molecule has 1 fully saturated rings. The molecule has 5 rings (SSSR count). The number of aryl methyl sites for hydroxylation is 3. The molecule has 0 bridgehead atoms. The average Bonchev–Trinajstić information content (AvgIpc) is 3.27. The zero-order valence-electron chi connectivity index (χ0n) is 19.0. The van der Waals surface area contributed by atoms with Crippen LogP contribution < -0.4 is 4.90 Å². The van der Waals surface area contributed by atoms with Gasteiger partial charge in [-0.3, -0.25) is 14.5 Å². The Morgan fingerprint density at radius 2 is 1.74 bits per heavy atom. The Hall–Kier alpha value is -3.83. The molecule has 0 radical (unpaired) electrons. The highest BCUT2D eigenvalue weighted by molar-refractivity contribution is 6.52. The number of aliphatic hydroxyl groups is 1. The number of rotatable bonds is 3. The van der Waals surface area contributed by atoms with E-state index in [4.69, 9.17) is 11.6 Å². The SMILES string of the molecule is Cc1ccc(C)c(/C(O)=C2\C(=O)C(=O)N(c3cccc(Cl)c3)C2c2c(C)[nH]c3ccccc23)c1. The monoisotopic (exact) mass is 470 g/mol. The summed E-state index contributed by atoms with van der Waals surface area (Å²) in [5, 5.41) is 12.8. The maximum atomic E-state index is 13.5. The number of carbonyl (C=O) groups is 2. The summed E-state index contributed by atoms with van der Waals surface area (Å²) in [5.41, 5.74) is 5.30. The molecule has 1 saturated heterocycles. The van der Waals surface area contributed by atoms with Crippen LogP contribution in [-0.4, -0.2) is 21.8 Å². The summed E-state index contributed by atoms with van der Waals surface area (Å²) in [6.45, 7) is 5.70. The van der Waals surface area contributed by atoms with Crippen molar-refractivity contribution in [2.75, 3.05) is 4.90 Å². The molecular weight excluding hydrogens is 448 g/mol. The van der Waals surface area contributed by atoms with Gasteiger partial charge in [-0.1, -0.05) is 53.6 Å².